The maximum absolute atomic E-state index is 12.7. The quantitative estimate of drug-likeness (QED) is 0.234. The first-order chi connectivity index (χ1) is 16.4. The Labute approximate surface area is 205 Å². The number of hydrogen-bond donors (Lipinski definition) is 4. The Balaban J connectivity index is 1.72. The Hall–Kier alpha value is -3.61. The number of benzene rings is 2. The van der Waals surface area contributed by atoms with Crippen molar-refractivity contribution in [1.82, 2.24) is 10.2 Å². The molecule has 0 bridgehead atoms. The second-order valence-corrected chi connectivity index (χ2v) is 9.55. The maximum Gasteiger partial charge on any atom is 0.485 e. The van der Waals surface area contributed by atoms with Gasteiger partial charge in [0.1, 0.15) is 17.5 Å². The van der Waals surface area contributed by atoms with E-state index in [1.165, 1.54) is 14.0 Å². The molecule has 2 aromatic rings. The molecule has 182 valence electrons. The molecule has 2 aromatic carbocycles. The summed E-state index contributed by atoms with van der Waals surface area (Å²) in [6.45, 7) is 6.73. The van der Waals surface area contributed by atoms with E-state index in [1.807, 2.05) is 42.5 Å². The van der Waals surface area contributed by atoms with Crippen LogP contribution in [-0.4, -0.2) is 58.6 Å². The lowest BCUT2D eigenvalue weighted by Gasteiger charge is -2.32. The van der Waals surface area contributed by atoms with Gasteiger partial charge in [-0.1, -0.05) is 42.2 Å². The average Bonchev–Trinajstić information content (AvgIpc) is 2.75. The van der Waals surface area contributed by atoms with E-state index in [-0.39, 0.29) is 12.3 Å². The zero-order chi connectivity index (χ0) is 25.9. The van der Waals surface area contributed by atoms with Gasteiger partial charge in [0.05, 0.1) is 5.92 Å². The molecule has 1 aliphatic carbocycles. The summed E-state index contributed by atoms with van der Waals surface area (Å²) < 4.78 is 5.29. The van der Waals surface area contributed by atoms with E-state index in [2.05, 4.69) is 17.2 Å². The number of nitrogens with one attached hydrogen (secondary N) is 2. The molecule has 0 radical (unpaired) electrons. The van der Waals surface area contributed by atoms with Crippen LogP contribution in [0.2, 0.25) is 0 Å². The van der Waals surface area contributed by atoms with E-state index < -0.39 is 36.7 Å². The van der Waals surface area contributed by atoms with Gasteiger partial charge in [0.25, 0.3) is 0 Å². The third kappa shape index (κ3) is 6.29. The first kappa shape index (κ1) is 26.0. The van der Waals surface area contributed by atoms with Crippen LogP contribution in [0.15, 0.2) is 53.5 Å². The molecule has 0 aromatic heterocycles. The lowest BCUT2D eigenvalue weighted by molar-refractivity contribution is -0.124. The summed E-state index contributed by atoms with van der Waals surface area (Å²) in [5, 5.41) is 32.4. The summed E-state index contributed by atoms with van der Waals surface area (Å²) in [7, 11) is -0.237. The highest BCUT2D eigenvalue weighted by Gasteiger charge is 2.38. The van der Waals surface area contributed by atoms with Gasteiger partial charge in [-0.25, -0.2) is 4.79 Å². The molecule has 2 unspecified atom stereocenters. The lowest BCUT2D eigenvalue weighted by atomic mass is 9.61. The fourth-order valence-corrected chi connectivity index (χ4v) is 3.58. The van der Waals surface area contributed by atoms with Crippen LogP contribution in [-0.2, 0) is 9.53 Å². The average molecular weight is 475 g/mol. The minimum Gasteiger partial charge on any atom is -0.444 e. The summed E-state index contributed by atoms with van der Waals surface area (Å²) >= 11 is 0. The monoisotopic (exact) mass is 475 g/mol. The number of allylic oxidation sites excluding steroid dienone is 1. The van der Waals surface area contributed by atoms with Crippen LogP contribution in [0.3, 0.4) is 0 Å². The highest BCUT2D eigenvalue weighted by atomic mass is 16.6. The Morgan fingerprint density at radius 1 is 1.17 bits per heavy atom. The van der Waals surface area contributed by atoms with Gasteiger partial charge in [-0.15, -0.1) is 0 Å². The Morgan fingerprint density at radius 3 is 2.46 bits per heavy atom. The van der Waals surface area contributed by atoms with Gasteiger partial charge in [-0.05, 0) is 62.5 Å². The van der Waals surface area contributed by atoms with E-state index in [4.69, 9.17) is 10.1 Å². The number of fused-ring (bicyclic) bond motifs is 1. The second-order valence-electron chi connectivity index (χ2n) is 9.55. The smallest absolute Gasteiger partial charge is 0.444 e. The lowest BCUT2D eigenvalue weighted by Crippen LogP contribution is -2.51. The van der Waals surface area contributed by atoms with Crippen molar-refractivity contribution in [2.45, 2.75) is 45.8 Å². The van der Waals surface area contributed by atoms with E-state index in [9.17, 15) is 19.6 Å². The molecule has 0 heterocycles. The molecule has 8 nitrogen and oxygen atoms in total. The third-order valence-electron chi connectivity index (χ3n) is 5.77. The Bertz CT molecular complexity index is 1250. The molecule has 2 amide bonds. The first-order valence-corrected chi connectivity index (χ1v) is 11.3. The van der Waals surface area contributed by atoms with Gasteiger partial charge >= 0.3 is 13.2 Å². The number of amidine groups is 1. The van der Waals surface area contributed by atoms with Crippen molar-refractivity contribution < 1.29 is 24.4 Å². The standard InChI is InChI=1S/C26H30BN3O5/c1-16(30(5)25(32)35-26(2,3)4)24(31)29-23(28)21-15-22(27(33)34)20(21)13-11-17-10-12-18-8-6-7-9-19(18)14-17/h6-10,12,14,16,21,33-34H,15H2,1-5H3,(H2,28,29,31). The minimum absolute atomic E-state index is 0.119. The van der Waals surface area contributed by atoms with Crippen molar-refractivity contribution in [1.29, 1.82) is 5.41 Å². The molecule has 2 atom stereocenters. The highest BCUT2D eigenvalue weighted by Crippen LogP contribution is 2.35. The number of carbonyl (C=O) groups excluding carboxylic acids is 2. The molecule has 0 spiro atoms. The number of nitrogens with zero attached hydrogens (tertiary/aromatic N) is 1. The molecule has 0 saturated carbocycles. The number of rotatable bonds is 4. The molecule has 1 aliphatic rings. The van der Waals surface area contributed by atoms with Crippen LogP contribution >= 0.6 is 0 Å². The van der Waals surface area contributed by atoms with Crippen LogP contribution in [0.4, 0.5) is 4.79 Å². The molecular weight excluding hydrogens is 445 g/mol. The van der Waals surface area contributed by atoms with Gasteiger partial charge in [0, 0.05) is 18.2 Å². The molecule has 9 heteroatoms. The molecule has 0 saturated heterocycles. The molecule has 3 rings (SSSR count). The first-order valence-electron chi connectivity index (χ1n) is 11.3. The van der Waals surface area contributed by atoms with Crippen molar-refractivity contribution in [2.75, 3.05) is 7.05 Å². The predicted octanol–water partition coefficient (Wildman–Crippen LogP) is 2.87. The van der Waals surface area contributed by atoms with E-state index in [1.54, 1.807) is 20.8 Å². The van der Waals surface area contributed by atoms with E-state index in [0.717, 1.165) is 21.2 Å². The van der Waals surface area contributed by atoms with Crippen molar-refractivity contribution in [3.05, 3.63) is 59.1 Å². The Kier molecular flexibility index (Phi) is 7.68. The SMILES string of the molecule is CC(C(=O)NC(=N)C1CC(B(O)O)=C1C#Cc1ccc2ccccc2c1)N(C)C(=O)OC(C)(C)C. The number of likely N-dealkylation sites (N-methyl/N-ethyl adjacent to an activating group) is 1. The van der Waals surface area contributed by atoms with Gasteiger partial charge in [-0.3, -0.25) is 15.1 Å². The van der Waals surface area contributed by atoms with Crippen molar-refractivity contribution in [3.63, 3.8) is 0 Å². The van der Waals surface area contributed by atoms with Gasteiger partial charge in [0.2, 0.25) is 5.91 Å². The molecule has 4 N–H and O–H groups in total. The fraction of sp³-hybridized carbons (Fsp3) is 0.346. The van der Waals surface area contributed by atoms with Crippen molar-refractivity contribution >= 4 is 35.7 Å². The Morgan fingerprint density at radius 2 is 1.83 bits per heavy atom. The minimum atomic E-state index is -1.69. The number of hydrogen-bond acceptors (Lipinski definition) is 6. The van der Waals surface area contributed by atoms with Crippen molar-refractivity contribution in [3.8, 4) is 11.8 Å². The third-order valence-corrected chi connectivity index (χ3v) is 5.77. The maximum atomic E-state index is 12.7. The molecule has 0 aliphatic heterocycles. The molecule has 0 fully saturated rings. The second kappa shape index (κ2) is 10.3. The number of ether oxygens (including phenoxy) is 1. The topological polar surface area (TPSA) is 123 Å². The zero-order valence-electron chi connectivity index (χ0n) is 20.5. The highest BCUT2D eigenvalue weighted by molar-refractivity contribution is 6.52. The van der Waals surface area contributed by atoms with Crippen LogP contribution in [0.1, 0.15) is 39.7 Å². The van der Waals surface area contributed by atoms with E-state index in [0.29, 0.717) is 11.0 Å². The van der Waals surface area contributed by atoms with Gasteiger partial charge in [0.15, 0.2) is 0 Å². The van der Waals surface area contributed by atoms with Gasteiger partial charge in [-0.2, -0.15) is 0 Å². The molecule has 35 heavy (non-hydrogen) atoms. The summed E-state index contributed by atoms with van der Waals surface area (Å²) in [6, 6.07) is 12.8. The normalized spacial score (nSPS) is 15.9. The molecular formula is C26H30BN3O5. The van der Waals surface area contributed by atoms with Crippen LogP contribution in [0.25, 0.3) is 10.8 Å². The summed E-state index contributed by atoms with van der Waals surface area (Å²) in [5.74, 6) is 4.74. The van der Waals surface area contributed by atoms with Gasteiger partial charge < -0.3 is 20.1 Å². The number of amides is 2. The fourth-order valence-electron chi connectivity index (χ4n) is 3.58. The van der Waals surface area contributed by atoms with Crippen LogP contribution in [0.5, 0.6) is 0 Å². The summed E-state index contributed by atoms with van der Waals surface area (Å²) in [4.78, 5) is 26.1. The van der Waals surface area contributed by atoms with Crippen LogP contribution in [0, 0.1) is 23.2 Å². The van der Waals surface area contributed by atoms with E-state index >= 15 is 0 Å². The predicted molar refractivity (Wildman–Crippen MR) is 135 cm³/mol. The van der Waals surface area contributed by atoms with Crippen LogP contribution < -0.4 is 5.32 Å². The summed E-state index contributed by atoms with van der Waals surface area (Å²) in [6.07, 6.45) is -0.461. The zero-order valence-corrected chi connectivity index (χ0v) is 20.5. The number of carbonyl (C=O) groups is 2. The largest absolute Gasteiger partial charge is 0.485 e. The summed E-state index contributed by atoms with van der Waals surface area (Å²) in [5.41, 5.74) is 0.759. The van der Waals surface area contributed by atoms with Crippen molar-refractivity contribution in [2.24, 2.45) is 5.92 Å².